The SMILES string of the molecule is COc1ccccc1C(=O)NCc1nc2ccccc2n1CC(=O)N(C(C)C)C(C)C. The molecule has 1 N–H and O–H groups in total. The second-order valence-corrected chi connectivity index (χ2v) is 7.97. The Morgan fingerprint density at radius 1 is 1.03 bits per heavy atom. The summed E-state index contributed by atoms with van der Waals surface area (Å²) in [6, 6.07) is 14.9. The third-order valence-corrected chi connectivity index (χ3v) is 5.19. The number of benzene rings is 2. The normalized spacial score (nSPS) is 11.2. The van der Waals surface area contributed by atoms with Gasteiger partial charge in [0.1, 0.15) is 18.1 Å². The van der Waals surface area contributed by atoms with Crippen molar-refractivity contribution in [3.63, 3.8) is 0 Å². The number of amides is 2. The Kier molecular flexibility index (Phi) is 6.95. The molecule has 2 amide bonds. The highest BCUT2D eigenvalue weighted by molar-refractivity contribution is 5.96. The van der Waals surface area contributed by atoms with Crippen LogP contribution >= 0.6 is 0 Å². The van der Waals surface area contributed by atoms with Crippen molar-refractivity contribution in [3.05, 3.63) is 59.9 Å². The minimum absolute atomic E-state index is 0.0189. The van der Waals surface area contributed by atoms with Gasteiger partial charge in [0.05, 0.1) is 30.3 Å². The molecule has 0 aliphatic heterocycles. The van der Waals surface area contributed by atoms with Gasteiger partial charge in [-0.1, -0.05) is 24.3 Å². The summed E-state index contributed by atoms with van der Waals surface area (Å²) in [6.45, 7) is 8.41. The summed E-state index contributed by atoms with van der Waals surface area (Å²) in [5, 5.41) is 2.91. The van der Waals surface area contributed by atoms with E-state index in [4.69, 9.17) is 4.74 Å². The van der Waals surface area contributed by atoms with Crippen molar-refractivity contribution in [1.29, 1.82) is 0 Å². The molecule has 0 saturated carbocycles. The zero-order valence-electron chi connectivity index (χ0n) is 18.8. The first kappa shape index (κ1) is 22.3. The van der Waals surface area contributed by atoms with E-state index >= 15 is 0 Å². The fourth-order valence-electron chi connectivity index (χ4n) is 3.91. The number of methoxy groups -OCH3 is 1. The van der Waals surface area contributed by atoms with Gasteiger partial charge in [-0.25, -0.2) is 4.98 Å². The second kappa shape index (κ2) is 9.64. The van der Waals surface area contributed by atoms with Crippen LogP contribution in [-0.2, 0) is 17.9 Å². The van der Waals surface area contributed by atoms with Gasteiger partial charge in [0.2, 0.25) is 5.91 Å². The van der Waals surface area contributed by atoms with Crippen molar-refractivity contribution in [3.8, 4) is 5.75 Å². The van der Waals surface area contributed by atoms with Crippen LogP contribution in [-0.4, -0.2) is 45.5 Å². The lowest BCUT2D eigenvalue weighted by atomic mass is 10.2. The van der Waals surface area contributed by atoms with E-state index in [2.05, 4.69) is 10.3 Å². The molecule has 3 rings (SSSR count). The van der Waals surface area contributed by atoms with E-state index in [1.54, 1.807) is 18.2 Å². The number of rotatable bonds is 8. The second-order valence-electron chi connectivity index (χ2n) is 7.97. The van der Waals surface area contributed by atoms with E-state index in [-0.39, 0.29) is 37.0 Å². The van der Waals surface area contributed by atoms with Crippen molar-refractivity contribution in [2.45, 2.75) is 52.9 Å². The Labute approximate surface area is 183 Å². The Hall–Kier alpha value is -3.35. The molecule has 0 atom stereocenters. The lowest BCUT2D eigenvalue weighted by molar-refractivity contribution is -0.135. The molecule has 31 heavy (non-hydrogen) atoms. The number of carbonyl (C=O) groups is 2. The van der Waals surface area contributed by atoms with E-state index in [0.29, 0.717) is 17.1 Å². The molecule has 1 aromatic heterocycles. The molecular formula is C24H30N4O3. The Balaban J connectivity index is 1.87. The molecular weight excluding hydrogens is 392 g/mol. The minimum Gasteiger partial charge on any atom is -0.496 e. The standard InChI is InChI=1S/C24H30N4O3/c1-16(2)28(17(3)4)23(29)15-27-20-12-8-7-11-19(20)26-22(27)14-25-24(30)18-10-6-9-13-21(18)31-5/h6-13,16-17H,14-15H2,1-5H3,(H,25,30). The van der Waals surface area contributed by atoms with Gasteiger partial charge < -0.3 is 19.5 Å². The monoisotopic (exact) mass is 422 g/mol. The Morgan fingerprint density at radius 3 is 2.35 bits per heavy atom. The van der Waals surface area contributed by atoms with Crippen LogP contribution in [0.5, 0.6) is 5.75 Å². The van der Waals surface area contributed by atoms with Gasteiger partial charge in [0.15, 0.2) is 0 Å². The van der Waals surface area contributed by atoms with Crippen LogP contribution in [0.2, 0.25) is 0 Å². The highest BCUT2D eigenvalue weighted by Crippen LogP contribution is 2.19. The summed E-state index contributed by atoms with van der Waals surface area (Å²) >= 11 is 0. The Morgan fingerprint density at radius 2 is 1.68 bits per heavy atom. The van der Waals surface area contributed by atoms with Gasteiger partial charge in [0, 0.05) is 12.1 Å². The first-order valence-corrected chi connectivity index (χ1v) is 10.5. The van der Waals surface area contributed by atoms with Crippen molar-refractivity contribution >= 4 is 22.8 Å². The van der Waals surface area contributed by atoms with Gasteiger partial charge in [-0.05, 0) is 52.0 Å². The molecule has 0 aliphatic rings. The van der Waals surface area contributed by atoms with Crippen LogP contribution in [0.25, 0.3) is 11.0 Å². The number of fused-ring (bicyclic) bond motifs is 1. The van der Waals surface area contributed by atoms with Gasteiger partial charge in [0.25, 0.3) is 5.91 Å². The van der Waals surface area contributed by atoms with Crippen LogP contribution < -0.4 is 10.1 Å². The zero-order chi connectivity index (χ0) is 22.5. The van der Waals surface area contributed by atoms with Crippen LogP contribution in [0.1, 0.15) is 43.9 Å². The summed E-state index contributed by atoms with van der Waals surface area (Å²) in [6.07, 6.45) is 0. The quantitative estimate of drug-likeness (QED) is 0.602. The van der Waals surface area contributed by atoms with Crippen LogP contribution in [0, 0.1) is 0 Å². The predicted octanol–water partition coefficient (Wildman–Crippen LogP) is 3.62. The number of nitrogens with zero attached hydrogens (tertiary/aromatic N) is 3. The molecule has 7 nitrogen and oxygen atoms in total. The molecule has 7 heteroatoms. The van der Waals surface area contributed by atoms with E-state index in [1.165, 1.54) is 7.11 Å². The smallest absolute Gasteiger partial charge is 0.255 e. The summed E-state index contributed by atoms with van der Waals surface area (Å²) in [7, 11) is 1.53. The van der Waals surface area contributed by atoms with E-state index in [9.17, 15) is 9.59 Å². The van der Waals surface area contributed by atoms with Crippen molar-refractivity contribution in [2.24, 2.45) is 0 Å². The minimum atomic E-state index is -0.256. The van der Waals surface area contributed by atoms with Crippen LogP contribution in [0.15, 0.2) is 48.5 Å². The van der Waals surface area contributed by atoms with Gasteiger partial charge in [-0.2, -0.15) is 0 Å². The van der Waals surface area contributed by atoms with Crippen molar-refractivity contribution in [2.75, 3.05) is 7.11 Å². The first-order valence-electron chi connectivity index (χ1n) is 10.5. The lowest BCUT2D eigenvalue weighted by Gasteiger charge is -2.31. The van der Waals surface area contributed by atoms with Gasteiger partial charge >= 0.3 is 0 Å². The molecule has 164 valence electrons. The van der Waals surface area contributed by atoms with Crippen molar-refractivity contribution < 1.29 is 14.3 Å². The fraction of sp³-hybridized carbons (Fsp3) is 0.375. The largest absolute Gasteiger partial charge is 0.496 e. The number of carbonyl (C=O) groups excluding carboxylic acids is 2. The topological polar surface area (TPSA) is 76.5 Å². The van der Waals surface area contributed by atoms with Gasteiger partial charge in [-0.15, -0.1) is 0 Å². The molecule has 0 bridgehead atoms. The van der Waals surface area contributed by atoms with E-state index in [0.717, 1.165) is 11.0 Å². The number of hydrogen-bond donors (Lipinski definition) is 1. The maximum absolute atomic E-state index is 13.1. The molecule has 2 aromatic carbocycles. The third-order valence-electron chi connectivity index (χ3n) is 5.19. The summed E-state index contributed by atoms with van der Waals surface area (Å²) < 4.78 is 7.17. The number of hydrogen-bond acceptors (Lipinski definition) is 4. The molecule has 0 radical (unpaired) electrons. The summed E-state index contributed by atoms with van der Waals surface area (Å²) in [5.74, 6) is 0.900. The van der Waals surface area contributed by atoms with Crippen molar-refractivity contribution in [1.82, 2.24) is 19.8 Å². The van der Waals surface area contributed by atoms with E-state index in [1.807, 2.05) is 67.5 Å². The molecule has 1 heterocycles. The lowest BCUT2D eigenvalue weighted by Crippen LogP contribution is -2.44. The maximum Gasteiger partial charge on any atom is 0.255 e. The molecule has 0 fully saturated rings. The molecule has 0 aliphatic carbocycles. The fourth-order valence-corrected chi connectivity index (χ4v) is 3.91. The first-order chi connectivity index (χ1) is 14.8. The average Bonchev–Trinajstić information content (AvgIpc) is 3.08. The summed E-state index contributed by atoms with van der Waals surface area (Å²) in [4.78, 5) is 32.4. The third kappa shape index (κ3) is 4.87. The summed E-state index contributed by atoms with van der Waals surface area (Å²) in [5.41, 5.74) is 2.11. The highest BCUT2D eigenvalue weighted by atomic mass is 16.5. The van der Waals surface area contributed by atoms with Crippen LogP contribution in [0.3, 0.4) is 0 Å². The average molecular weight is 423 g/mol. The van der Waals surface area contributed by atoms with Crippen LogP contribution in [0.4, 0.5) is 0 Å². The number of imidazole rings is 1. The number of ether oxygens (including phenoxy) is 1. The molecule has 3 aromatic rings. The highest BCUT2D eigenvalue weighted by Gasteiger charge is 2.23. The maximum atomic E-state index is 13.1. The zero-order valence-corrected chi connectivity index (χ0v) is 18.8. The predicted molar refractivity (Wildman–Crippen MR) is 121 cm³/mol. The molecule has 0 spiro atoms. The molecule has 0 saturated heterocycles. The van der Waals surface area contributed by atoms with Gasteiger partial charge in [-0.3, -0.25) is 9.59 Å². The number of para-hydroxylation sites is 3. The number of nitrogens with one attached hydrogen (secondary N) is 1. The number of aromatic nitrogens is 2. The molecule has 0 unspecified atom stereocenters. The van der Waals surface area contributed by atoms with E-state index < -0.39 is 0 Å². The Bertz CT molecular complexity index is 1060.